The van der Waals surface area contributed by atoms with E-state index in [0.29, 0.717) is 16.8 Å². The Balaban J connectivity index is 1.45. The Hall–Kier alpha value is -3.40. The van der Waals surface area contributed by atoms with Gasteiger partial charge in [-0.3, -0.25) is 4.79 Å². The number of carbonyl (C=O) groups is 2. The summed E-state index contributed by atoms with van der Waals surface area (Å²) in [5, 5.41) is 0. The lowest BCUT2D eigenvalue weighted by molar-refractivity contribution is 0.0475. The number of nitrogen functional groups attached to an aromatic ring is 1. The first-order valence-electron chi connectivity index (χ1n) is 8.39. The lowest BCUT2D eigenvalue weighted by Crippen LogP contribution is -2.14. The maximum absolute atomic E-state index is 12.4. The summed E-state index contributed by atoms with van der Waals surface area (Å²) in [5.74, 6) is -0.750. The molecular formula is C22H17NO3. The lowest BCUT2D eigenvalue weighted by Gasteiger charge is -2.07. The van der Waals surface area contributed by atoms with E-state index in [1.165, 1.54) is 11.1 Å². The van der Waals surface area contributed by atoms with E-state index >= 15 is 0 Å². The average Bonchev–Trinajstić information content (AvgIpc) is 3.04. The summed E-state index contributed by atoms with van der Waals surface area (Å²) in [6.07, 6.45) is 0.817. The average molecular weight is 343 g/mol. The highest BCUT2D eigenvalue weighted by molar-refractivity contribution is 6.00. The first kappa shape index (κ1) is 16.1. The van der Waals surface area contributed by atoms with Gasteiger partial charge in [-0.05, 0) is 59.0 Å². The van der Waals surface area contributed by atoms with Crippen molar-refractivity contribution in [2.24, 2.45) is 0 Å². The first-order chi connectivity index (χ1) is 12.6. The highest BCUT2D eigenvalue weighted by Gasteiger charge is 2.20. The van der Waals surface area contributed by atoms with Gasteiger partial charge in [0.05, 0.1) is 5.56 Å². The summed E-state index contributed by atoms with van der Waals surface area (Å²) in [6, 6.07) is 20.3. The van der Waals surface area contributed by atoms with Crippen LogP contribution in [0.15, 0.2) is 66.7 Å². The van der Waals surface area contributed by atoms with Gasteiger partial charge in [0.25, 0.3) is 0 Å². The largest absolute Gasteiger partial charge is 0.454 e. The van der Waals surface area contributed by atoms with Gasteiger partial charge in [0.2, 0.25) is 0 Å². The second-order valence-electron chi connectivity index (χ2n) is 6.33. The number of hydrogen-bond donors (Lipinski definition) is 1. The Morgan fingerprint density at radius 2 is 1.54 bits per heavy atom. The zero-order valence-electron chi connectivity index (χ0n) is 14.1. The first-order valence-corrected chi connectivity index (χ1v) is 8.39. The highest BCUT2D eigenvalue weighted by Crippen LogP contribution is 2.36. The summed E-state index contributed by atoms with van der Waals surface area (Å²) in [6.45, 7) is -0.283. The number of benzene rings is 3. The molecule has 0 unspecified atom stereocenters. The van der Waals surface area contributed by atoms with Crippen LogP contribution >= 0.6 is 0 Å². The number of rotatable bonds is 4. The van der Waals surface area contributed by atoms with Gasteiger partial charge < -0.3 is 10.5 Å². The molecule has 0 aliphatic heterocycles. The molecule has 0 radical (unpaired) electrons. The second kappa shape index (κ2) is 6.48. The Morgan fingerprint density at radius 1 is 0.846 bits per heavy atom. The van der Waals surface area contributed by atoms with Crippen molar-refractivity contribution in [1.29, 1.82) is 0 Å². The topological polar surface area (TPSA) is 69.4 Å². The number of ether oxygens (including phenoxy) is 1. The SMILES string of the molecule is Nc1ccc(C(=O)OCC(=O)c2ccc3c(c2)Cc2ccccc2-3)cc1. The molecule has 0 amide bonds. The third-order valence-corrected chi connectivity index (χ3v) is 4.60. The monoisotopic (exact) mass is 343 g/mol. The van der Waals surface area contributed by atoms with Crippen LogP contribution in [0.3, 0.4) is 0 Å². The molecule has 2 N–H and O–H groups in total. The Labute approximate surface area is 151 Å². The van der Waals surface area contributed by atoms with Gasteiger partial charge >= 0.3 is 5.97 Å². The van der Waals surface area contributed by atoms with Crippen LogP contribution < -0.4 is 5.73 Å². The van der Waals surface area contributed by atoms with E-state index in [4.69, 9.17) is 10.5 Å². The van der Waals surface area contributed by atoms with E-state index in [1.807, 2.05) is 24.3 Å². The van der Waals surface area contributed by atoms with Crippen LogP contribution in [-0.2, 0) is 11.2 Å². The maximum Gasteiger partial charge on any atom is 0.338 e. The van der Waals surface area contributed by atoms with Gasteiger partial charge in [-0.15, -0.1) is 0 Å². The van der Waals surface area contributed by atoms with Crippen molar-refractivity contribution >= 4 is 17.4 Å². The van der Waals surface area contributed by atoms with Gasteiger partial charge in [-0.25, -0.2) is 4.79 Å². The molecule has 3 aromatic rings. The molecule has 0 spiro atoms. The molecule has 4 nitrogen and oxygen atoms in total. The smallest absolute Gasteiger partial charge is 0.338 e. The summed E-state index contributed by atoms with van der Waals surface area (Å²) in [7, 11) is 0. The van der Waals surface area contributed by atoms with Crippen LogP contribution in [0.2, 0.25) is 0 Å². The number of anilines is 1. The number of esters is 1. The minimum atomic E-state index is -0.535. The van der Waals surface area contributed by atoms with Crippen molar-refractivity contribution in [3.05, 3.63) is 89.0 Å². The molecule has 0 fully saturated rings. The third-order valence-electron chi connectivity index (χ3n) is 4.60. The third kappa shape index (κ3) is 2.97. The molecule has 26 heavy (non-hydrogen) atoms. The van der Waals surface area contributed by atoms with Crippen LogP contribution in [0.5, 0.6) is 0 Å². The number of nitrogens with two attached hydrogens (primary N) is 1. The molecule has 4 heteroatoms. The fourth-order valence-corrected chi connectivity index (χ4v) is 3.24. The van der Waals surface area contributed by atoms with Crippen LogP contribution in [0.25, 0.3) is 11.1 Å². The molecule has 0 atom stereocenters. The summed E-state index contributed by atoms with van der Waals surface area (Å²) in [4.78, 5) is 24.4. The van der Waals surface area contributed by atoms with Gasteiger partial charge in [0.15, 0.2) is 12.4 Å². The standard InChI is InChI=1S/C22H17NO3/c23-18-8-5-14(6-9-18)22(25)26-13-21(24)16-7-10-20-17(12-16)11-15-3-1-2-4-19(15)20/h1-10,12H,11,13,23H2. The van der Waals surface area contributed by atoms with Crippen LogP contribution in [0.1, 0.15) is 31.8 Å². The normalized spacial score (nSPS) is 11.5. The van der Waals surface area contributed by atoms with E-state index in [2.05, 4.69) is 12.1 Å². The van der Waals surface area contributed by atoms with Crippen LogP contribution in [0, 0.1) is 0 Å². The van der Waals surface area contributed by atoms with Crippen molar-refractivity contribution in [2.45, 2.75) is 6.42 Å². The fourth-order valence-electron chi connectivity index (χ4n) is 3.24. The van der Waals surface area contributed by atoms with Gasteiger partial charge in [-0.2, -0.15) is 0 Å². The van der Waals surface area contributed by atoms with Crippen molar-refractivity contribution in [2.75, 3.05) is 12.3 Å². The van der Waals surface area contributed by atoms with Gasteiger partial charge in [-0.1, -0.05) is 36.4 Å². The Kier molecular flexibility index (Phi) is 4.01. The number of ketones is 1. The molecule has 0 saturated carbocycles. The highest BCUT2D eigenvalue weighted by atomic mass is 16.5. The van der Waals surface area contributed by atoms with Crippen LogP contribution in [-0.4, -0.2) is 18.4 Å². The molecule has 3 aromatic carbocycles. The molecule has 0 aromatic heterocycles. The van der Waals surface area contributed by atoms with Crippen molar-refractivity contribution in [3.63, 3.8) is 0 Å². The molecule has 0 saturated heterocycles. The predicted octanol–water partition coefficient (Wildman–Crippen LogP) is 3.88. The van der Waals surface area contributed by atoms with E-state index in [9.17, 15) is 9.59 Å². The maximum atomic E-state index is 12.4. The number of Topliss-reactive ketones (excluding diaryl/α,β-unsaturated/α-hetero) is 1. The molecule has 4 rings (SSSR count). The van der Waals surface area contributed by atoms with E-state index < -0.39 is 5.97 Å². The summed E-state index contributed by atoms with van der Waals surface area (Å²) < 4.78 is 5.14. The molecule has 1 aliphatic rings. The van der Waals surface area contributed by atoms with Crippen LogP contribution in [0.4, 0.5) is 5.69 Å². The molecule has 1 aliphatic carbocycles. The van der Waals surface area contributed by atoms with E-state index in [0.717, 1.165) is 17.5 Å². The quantitative estimate of drug-likeness (QED) is 0.347. The molecule has 128 valence electrons. The number of carbonyl (C=O) groups excluding carboxylic acids is 2. The Bertz CT molecular complexity index is 1010. The minimum Gasteiger partial charge on any atom is -0.454 e. The van der Waals surface area contributed by atoms with E-state index in [-0.39, 0.29) is 12.4 Å². The second-order valence-corrected chi connectivity index (χ2v) is 6.33. The lowest BCUT2D eigenvalue weighted by atomic mass is 10.0. The molecule has 0 bridgehead atoms. The van der Waals surface area contributed by atoms with Gasteiger partial charge in [0.1, 0.15) is 0 Å². The van der Waals surface area contributed by atoms with Crippen molar-refractivity contribution < 1.29 is 14.3 Å². The zero-order valence-corrected chi connectivity index (χ0v) is 14.1. The Morgan fingerprint density at radius 3 is 2.35 bits per heavy atom. The summed E-state index contributed by atoms with van der Waals surface area (Å²) in [5.41, 5.74) is 11.9. The summed E-state index contributed by atoms with van der Waals surface area (Å²) >= 11 is 0. The molecule has 0 heterocycles. The van der Waals surface area contributed by atoms with E-state index in [1.54, 1.807) is 30.3 Å². The van der Waals surface area contributed by atoms with Crippen molar-refractivity contribution in [1.82, 2.24) is 0 Å². The number of fused-ring (bicyclic) bond motifs is 3. The minimum absolute atomic E-state index is 0.215. The molecular weight excluding hydrogens is 326 g/mol. The zero-order chi connectivity index (χ0) is 18.1. The fraction of sp³-hybridized carbons (Fsp3) is 0.0909. The van der Waals surface area contributed by atoms with Gasteiger partial charge in [0, 0.05) is 11.3 Å². The van der Waals surface area contributed by atoms with Crippen molar-refractivity contribution in [3.8, 4) is 11.1 Å². The predicted molar refractivity (Wildman–Crippen MR) is 100 cm³/mol. The number of hydrogen-bond acceptors (Lipinski definition) is 4.